The van der Waals surface area contributed by atoms with Crippen LogP contribution in [0.15, 0.2) is 48.5 Å². The van der Waals surface area contributed by atoms with Crippen LogP contribution in [-0.4, -0.2) is 11.6 Å². The molecule has 0 spiro atoms. The summed E-state index contributed by atoms with van der Waals surface area (Å²) in [6.45, 7) is 1.59. The minimum atomic E-state index is -0.356. The van der Waals surface area contributed by atoms with Crippen LogP contribution in [0.4, 0.5) is 4.39 Å². The van der Waals surface area contributed by atoms with Gasteiger partial charge in [-0.25, -0.2) is 4.39 Å². The molecule has 0 heterocycles. The summed E-state index contributed by atoms with van der Waals surface area (Å²) in [6.07, 6.45) is -0.199. The van der Waals surface area contributed by atoms with Crippen molar-refractivity contribution in [1.82, 2.24) is 0 Å². The van der Waals surface area contributed by atoms with Crippen LogP contribution in [0.2, 0.25) is 0 Å². The van der Waals surface area contributed by atoms with Crippen LogP contribution in [0.3, 0.4) is 0 Å². The highest BCUT2D eigenvalue weighted by molar-refractivity contribution is 6.13. The third kappa shape index (κ3) is 3.13. The van der Waals surface area contributed by atoms with E-state index in [9.17, 15) is 14.0 Å². The summed E-state index contributed by atoms with van der Waals surface area (Å²) >= 11 is 0. The Kier molecular flexibility index (Phi) is 3.85. The van der Waals surface area contributed by atoms with Gasteiger partial charge in [0.1, 0.15) is 5.82 Å². The molecule has 0 saturated heterocycles. The average molecular weight is 256 g/mol. The Morgan fingerprint density at radius 1 is 0.947 bits per heavy atom. The third-order valence-electron chi connectivity index (χ3n) is 2.90. The first-order valence-electron chi connectivity index (χ1n) is 5.95. The number of aryl methyl sites for hydroxylation is 1. The number of carbonyl (C=O) groups is 2. The lowest BCUT2D eigenvalue weighted by Gasteiger charge is -2.03. The van der Waals surface area contributed by atoms with Crippen LogP contribution >= 0.6 is 0 Å². The quantitative estimate of drug-likeness (QED) is 0.618. The summed E-state index contributed by atoms with van der Waals surface area (Å²) in [4.78, 5) is 23.8. The Bertz CT molecular complexity index is 618. The van der Waals surface area contributed by atoms with Gasteiger partial charge in [0, 0.05) is 11.1 Å². The highest BCUT2D eigenvalue weighted by Crippen LogP contribution is 2.13. The number of benzene rings is 2. The van der Waals surface area contributed by atoms with Gasteiger partial charge in [-0.05, 0) is 30.7 Å². The molecule has 0 aliphatic heterocycles. The van der Waals surface area contributed by atoms with Crippen molar-refractivity contribution in [3.8, 4) is 0 Å². The Balaban J connectivity index is 2.13. The fourth-order valence-electron chi connectivity index (χ4n) is 1.79. The molecule has 0 aliphatic rings. The van der Waals surface area contributed by atoms with Gasteiger partial charge in [0.2, 0.25) is 0 Å². The average Bonchev–Trinajstić information content (AvgIpc) is 2.42. The third-order valence-corrected chi connectivity index (χ3v) is 2.90. The molecule has 0 fully saturated rings. The lowest BCUT2D eigenvalue weighted by molar-refractivity contribution is 0.0894. The van der Waals surface area contributed by atoms with Gasteiger partial charge < -0.3 is 0 Å². The van der Waals surface area contributed by atoms with E-state index in [2.05, 4.69) is 0 Å². The normalized spacial score (nSPS) is 10.2. The molecule has 3 heteroatoms. The van der Waals surface area contributed by atoms with Gasteiger partial charge >= 0.3 is 0 Å². The first kappa shape index (κ1) is 13.1. The van der Waals surface area contributed by atoms with E-state index in [1.54, 1.807) is 31.2 Å². The molecule has 0 N–H and O–H groups in total. The molecule has 0 aromatic heterocycles. The Morgan fingerprint density at radius 3 is 2.21 bits per heavy atom. The van der Waals surface area contributed by atoms with Gasteiger partial charge in [-0.2, -0.15) is 0 Å². The highest BCUT2D eigenvalue weighted by atomic mass is 19.1. The fraction of sp³-hybridized carbons (Fsp3) is 0.125. The fourth-order valence-corrected chi connectivity index (χ4v) is 1.79. The number of rotatable bonds is 4. The van der Waals surface area contributed by atoms with E-state index in [0.717, 1.165) is 0 Å². The van der Waals surface area contributed by atoms with Crippen LogP contribution < -0.4 is 0 Å². The van der Waals surface area contributed by atoms with Crippen LogP contribution in [-0.2, 0) is 0 Å². The Labute approximate surface area is 110 Å². The van der Waals surface area contributed by atoms with Crippen molar-refractivity contribution in [2.45, 2.75) is 13.3 Å². The summed E-state index contributed by atoms with van der Waals surface area (Å²) < 4.78 is 13.1. The summed E-state index contributed by atoms with van der Waals surface area (Å²) in [7, 11) is 0. The molecule has 0 aliphatic carbocycles. The van der Waals surface area contributed by atoms with E-state index in [1.165, 1.54) is 18.2 Å². The smallest absolute Gasteiger partial charge is 0.170 e. The van der Waals surface area contributed by atoms with E-state index in [-0.39, 0.29) is 23.8 Å². The van der Waals surface area contributed by atoms with Crippen LogP contribution in [0, 0.1) is 12.7 Å². The van der Waals surface area contributed by atoms with Crippen molar-refractivity contribution in [1.29, 1.82) is 0 Å². The second-order valence-corrected chi connectivity index (χ2v) is 4.35. The second kappa shape index (κ2) is 5.57. The minimum absolute atomic E-state index is 0.199. The molecule has 0 atom stereocenters. The maximum absolute atomic E-state index is 13.1. The first-order chi connectivity index (χ1) is 9.08. The van der Waals surface area contributed by atoms with E-state index in [1.807, 2.05) is 6.07 Å². The lowest BCUT2D eigenvalue weighted by atomic mass is 10.0. The zero-order valence-corrected chi connectivity index (χ0v) is 10.5. The predicted molar refractivity (Wildman–Crippen MR) is 70.9 cm³/mol. The van der Waals surface area contributed by atoms with E-state index < -0.39 is 0 Å². The molecule has 2 rings (SSSR count). The van der Waals surface area contributed by atoms with Gasteiger partial charge in [-0.1, -0.05) is 30.3 Å². The molecule has 0 radical (unpaired) electrons. The molecular weight excluding hydrogens is 243 g/mol. The minimum Gasteiger partial charge on any atom is -0.294 e. The van der Waals surface area contributed by atoms with Crippen molar-refractivity contribution < 1.29 is 14.0 Å². The Hall–Kier alpha value is -2.29. The Morgan fingerprint density at radius 2 is 1.58 bits per heavy atom. The molecule has 0 unspecified atom stereocenters. The molecule has 0 bridgehead atoms. The topological polar surface area (TPSA) is 34.1 Å². The monoisotopic (exact) mass is 256 g/mol. The van der Waals surface area contributed by atoms with Crippen molar-refractivity contribution in [2.24, 2.45) is 0 Å². The number of hydrogen-bond acceptors (Lipinski definition) is 2. The molecule has 2 aromatic carbocycles. The summed E-state index contributed by atoms with van der Waals surface area (Å²) in [5, 5.41) is 0. The molecule has 2 nitrogen and oxygen atoms in total. The highest BCUT2D eigenvalue weighted by Gasteiger charge is 2.14. The summed E-state index contributed by atoms with van der Waals surface area (Å²) in [5.74, 6) is -0.879. The standard InChI is InChI=1S/C16H13FO2/c1-11-9-13(7-8-14(11)17)16(19)10-15(18)12-5-3-2-4-6-12/h2-9H,10H2,1H3. The first-order valence-corrected chi connectivity index (χ1v) is 5.95. The molecule has 0 amide bonds. The molecule has 19 heavy (non-hydrogen) atoms. The van der Waals surface area contributed by atoms with E-state index >= 15 is 0 Å². The number of hydrogen-bond donors (Lipinski definition) is 0. The van der Waals surface area contributed by atoms with Crippen LogP contribution in [0.5, 0.6) is 0 Å². The van der Waals surface area contributed by atoms with Crippen molar-refractivity contribution in [3.05, 3.63) is 71.0 Å². The SMILES string of the molecule is Cc1cc(C(=O)CC(=O)c2ccccc2)ccc1F. The number of halogens is 1. The molecular formula is C16H13FO2. The number of Topliss-reactive ketones (excluding diaryl/α,β-unsaturated/α-hetero) is 2. The number of carbonyl (C=O) groups excluding carboxylic acids is 2. The van der Waals surface area contributed by atoms with Crippen molar-refractivity contribution >= 4 is 11.6 Å². The van der Waals surface area contributed by atoms with Gasteiger partial charge in [-0.3, -0.25) is 9.59 Å². The summed E-state index contributed by atoms with van der Waals surface area (Å²) in [5.41, 5.74) is 1.27. The second-order valence-electron chi connectivity index (χ2n) is 4.35. The maximum Gasteiger partial charge on any atom is 0.170 e. The maximum atomic E-state index is 13.1. The zero-order chi connectivity index (χ0) is 13.8. The zero-order valence-electron chi connectivity index (χ0n) is 10.5. The van der Waals surface area contributed by atoms with Gasteiger partial charge in [-0.15, -0.1) is 0 Å². The van der Waals surface area contributed by atoms with Gasteiger partial charge in [0.05, 0.1) is 6.42 Å². The van der Waals surface area contributed by atoms with Crippen LogP contribution in [0.25, 0.3) is 0 Å². The van der Waals surface area contributed by atoms with E-state index in [0.29, 0.717) is 16.7 Å². The van der Waals surface area contributed by atoms with Crippen molar-refractivity contribution in [2.75, 3.05) is 0 Å². The van der Waals surface area contributed by atoms with E-state index in [4.69, 9.17) is 0 Å². The molecule has 96 valence electrons. The van der Waals surface area contributed by atoms with Crippen LogP contribution in [0.1, 0.15) is 32.7 Å². The largest absolute Gasteiger partial charge is 0.294 e. The van der Waals surface area contributed by atoms with Crippen molar-refractivity contribution in [3.63, 3.8) is 0 Å². The molecule has 2 aromatic rings. The summed E-state index contributed by atoms with van der Waals surface area (Å²) in [6, 6.07) is 12.8. The predicted octanol–water partition coefficient (Wildman–Crippen LogP) is 3.59. The molecule has 0 saturated carbocycles. The lowest BCUT2D eigenvalue weighted by Crippen LogP contribution is -2.09. The van der Waals surface area contributed by atoms with Gasteiger partial charge in [0.25, 0.3) is 0 Å². The van der Waals surface area contributed by atoms with Gasteiger partial charge in [0.15, 0.2) is 11.6 Å². The number of ketones is 2.